The third kappa shape index (κ3) is 15.8. The number of aliphatic hydroxyl groups is 1. The van der Waals surface area contributed by atoms with Crippen LogP contribution in [0.2, 0.25) is 0 Å². The lowest BCUT2D eigenvalue weighted by molar-refractivity contribution is 0.301. The summed E-state index contributed by atoms with van der Waals surface area (Å²) in [4.78, 5) is 29.9. The number of likely N-dealkylation sites (N-methyl/N-ethyl adjacent to an activating group) is 1. The molecule has 12 aromatic rings. The summed E-state index contributed by atoms with van der Waals surface area (Å²) in [6.07, 6.45) is 5.72. The number of nitrogens with one attached hydrogen (secondary N) is 2. The maximum absolute atomic E-state index is 13.1. The van der Waals surface area contributed by atoms with E-state index in [2.05, 4.69) is 70.5 Å². The van der Waals surface area contributed by atoms with Crippen LogP contribution in [0, 0.1) is 20.8 Å². The van der Waals surface area contributed by atoms with Crippen molar-refractivity contribution in [3.8, 4) is 103 Å². The van der Waals surface area contributed by atoms with Crippen molar-refractivity contribution in [1.82, 2.24) is 84.0 Å². The van der Waals surface area contributed by atoms with Gasteiger partial charge in [-0.15, -0.1) is 30.6 Å². The number of aromatic nitrogens is 12. The summed E-state index contributed by atoms with van der Waals surface area (Å²) < 4.78 is 99.2. The molecular formula is C69H79N17O10S3. The predicted octanol–water partition coefficient (Wildman–Crippen LogP) is 10.2. The Balaban J connectivity index is 0.000000241. The molecule has 27 nitrogen and oxygen atoms in total. The van der Waals surface area contributed by atoms with Crippen molar-refractivity contribution in [2.75, 3.05) is 66.5 Å². The summed E-state index contributed by atoms with van der Waals surface area (Å²) in [5, 5.41) is 36.8. The predicted molar refractivity (Wildman–Crippen MR) is 380 cm³/mol. The second kappa shape index (κ2) is 30.1. The van der Waals surface area contributed by atoms with Gasteiger partial charge in [0.05, 0.1) is 74.0 Å². The van der Waals surface area contributed by atoms with Crippen LogP contribution in [0.4, 0.5) is 0 Å². The Bertz CT molecular complexity index is 5140. The van der Waals surface area contributed by atoms with E-state index in [9.17, 15) is 25.3 Å². The Morgan fingerprint density at radius 1 is 0.465 bits per heavy atom. The van der Waals surface area contributed by atoms with Gasteiger partial charge in [0.15, 0.2) is 0 Å². The number of piperazine rings is 1. The van der Waals surface area contributed by atoms with E-state index >= 15 is 0 Å². The van der Waals surface area contributed by atoms with E-state index in [4.69, 9.17) is 23.3 Å². The maximum Gasteiger partial charge on any atom is 0.268 e. The molecular weight excluding hydrogens is 1320 g/mol. The molecule has 0 aliphatic carbocycles. The lowest BCUT2D eigenvalue weighted by atomic mass is 10.1. The number of aliphatic hydroxyl groups excluding tert-OH is 1. The first-order valence-electron chi connectivity index (χ1n) is 31.3. The van der Waals surface area contributed by atoms with E-state index in [0.29, 0.717) is 114 Å². The third-order valence-electron chi connectivity index (χ3n) is 16.2. The third-order valence-corrected chi connectivity index (χ3v) is 21.5. The number of benzene rings is 6. The molecule has 2 fully saturated rings. The Morgan fingerprint density at radius 2 is 0.808 bits per heavy atom. The van der Waals surface area contributed by atoms with Crippen molar-refractivity contribution in [1.29, 1.82) is 0 Å². The van der Waals surface area contributed by atoms with Gasteiger partial charge in [0.25, 0.3) is 17.7 Å². The smallest absolute Gasteiger partial charge is 0.268 e. The fraction of sp³-hybridized carbons (Fsp3) is 0.217. The highest BCUT2D eigenvalue weighted by molar-refractivity contribution is 7.89. The highest BCUT2D eigenvalue weighted by atomic mass is 32.2. The monoisotopic (exact) mass is 1400 g/mol. The molecule has 14 rings (SSSR count). The van der Waals surface area contributed by atoms with Crippen LogP contribution < -0.4 is 10.0 Å². The Morgan fingerprint density at radius 3 is 1.15 bits per heavy atom. The zero-order valence-corrected chi connectivity index (χ0v) is 56.8. The van der Waals surface area contributed by atoms with Gasteiger partial charge in [-0.05, 0) is 114 Å². The van der Waals surface area contributed by atoms with Gasteiger partial charge in [-0.1, -0.05) is 91.0 Å². The van der Waals surface area contributed by atoms with E-state index < -0.39 is 30.1 Å². The summed E-state index contributed by atoms with van der Waals surface area (Å²) in [5.41, 5.74) is 9.66. The first kappa shape index (κ1) is 68.5. The van der Waals surface area contributed by atoms with Crippen LogP contribution in [0.5, 0.6) is 0 Å². The van der Waals surface area contributed by atoms with Gasteiger partial charge in [0.2, 0.25) is 47.7 Å². The van der Waals surface area contributed by atoms with Gasteiger partial charge in [0.1, 0.15) is 17.1 Å². The number of aryl methyl sites for hydroxylation is 3. The molecule has 30 heteroatoms. The zero-order chi connectivity index (χ0) is 69.3. The van der Waals surface area contributed by atoms with Crippen molar-refractivity contribution < 1.29 is 52.2 Å². The van der Waals surface area contributed by atoms with Crippen molar-refractivity contribution in [2.45, 2.75) is 47.9 Å². The van der Waals surface area contributed by atoms with Gasteiger partial charge >= 0.3 is 0 Å². The Kier molecular flexibility index (Phi) is 20.9. The van der Waals surface area contributed by atoms with Gasteiger partial charge in [-0.25, -0.2) is 44.9 Å². The molecule has 99 heavy (non-hydrogen) atoms. The van der Waals surface area contributed by atoms with Crippen LogP contribution in [0.3, 0.4) is 0 Å². The Labute approximate surface area is 580 Å². The number of rotatable bonds is 18. The average Bonchev–Trinajstić information content (AvgIpc) is 1.07. The highest BCUT2D eigenvalue weighted by Gasteiger charge is 2.34. The van der Waals surface area contributed by atoms with E-state index in [0.717, 1.165) is 34.2 Å². The van der Waals surface area contributed by atoms with Crippen molar-refractivity contribution in [3.05, 3.63) is 199 Å². The van der Waals surface area contributed by atoms with Gasteiger partial charge in [-0.3, -0.25) is 15.0 Å². The van der Waals surface area contributed by atoms with Crippen molar-refractivity contribution >= 4 is 30.1 Å². The molecule has 2 aliphatic heterocycles. The molecule has 8 heterocycles. The molecule has 0 unspecified atom stereocenters. The van der Waals surface area contributed by atoms with E-state index in [1.54, 1.807) is 90.5 Å². The SMILES string of the molecule is Cc1ncc(-c2ccc(S(=O)(=O)N3CCNCC3)cc2)nc1-c1nnc(-c2ccccc2)o1.Cc1ncc(-c2ccc(S(=O)(=O)N3CC[C@@H](N(C)C)C3)cc2)nc1-c1nnc(-c2ccccc2)o1.Cc1ncc(-c2ccc(S(=O)(=O)NCCO)cc2)nc1-c1nnc(-c2ccccc2)o1.[HH].[HH].[HH].[HH].[HH].[HH]. The number of hydrogen-bond acceptors (Lipinski definition) is 24. The second-order valence-corrected chi connectivity index (χ2v) is 28.7. The standard InChI is InChI=1S/C25H26N6O3S.C23H22N6O3S.C21H19N5O4S.6H2/c1-17-23(25-29-28-24(34-25)19-7-5-4-6-8-19)27-22(15-26-17)18-9-11-21(12-10-18)35(32,33)31-14-13-20(16-31)30(2)3;1-16-21(23-28-27-22(32-23)18-5-3-2-4-6-18)26-20(15-25-16)17-7-9-19(10-8-17)33(30,31)29-13-11-24-12-14-29;1-14-19(21-26-25-20(30-21)16-5-3-2-4-6-16)24-18(13-22-14)15-7-9-17(10-8-15)31(28,29)23-11-12-27;;;;;;/h4-12,15,20H,13-14,16H2,1-3H3;2-10,15,24H,11-14H2,1H3;2-10,13,23,27H,11-12H2,1H3;6*1H/t20-;;;;;;;;/m1......../s1. The molecule has 2 saturated heterocycles. The summed E-state index contributed by atoms with van der Waals surface area (Å²) in [7, 11) is -6.80. The number of nitrogens with zero attached hydrogens (tertiary/aromatic N) is 15. The normalized spacial score (nSPS) is 14.5. The van der Waals surface area contributed by atoms with Crippen LogP contribution in [0.25, 0.3) is 103 Å². The minimum atomic E-state index is -3.68. The van der Waals surface area contributed by atoms with Crippen molar-refractivity contribution in [3.63, 3.8) is 0 Å². The van der Waals surface area contributed by atoms with E-state index in [1.165, 1.54) is 16.4 Å². The summed E-state index contributed by atoms with van der Waals surface area (Å²) in [5.74, 6) is 1.99. The maximum atomic E-state index is 13.1. The fourth-order valence-corrected chi connectivity index (χ4v) is 14.6. The second-order valence-electron chi connectivity index (χ2n) is 23.0. The largest absolute Gasteiger partial charge is 0.415 e. The first-order valence-corrected chi connectivity index (χ1v) is 35.7. The highest BCUT2D eigenvalue weighted by Crippen LogP contribution is 2.32. The minimum Gasteiger partial charge on any atom is -0.415 e. The molecule has 6 aromatic carbocycles. The van der Waals surface area contributed by atoms with Gasteiger partial charge < -0.3 is 28.6 Å². The summed E-state index contributed by atoms with van der Waals surface area (Å²) in [6, 6.07) is 48.3. The van der Waals surface area contributed by atoms with Crippen LogP contribution >= 0.6 is 0 Å². The molecule has 2 aliphatic rings. The van der Waals surface area contributed by atoms with Crippen LogP contribution in [-0.2, 0) is 30.1 Å². The molecule has 3 N–H and O–H groups in total. The molecule has 0 spiro atoms. The lowest BCUT2D eigenvalue weighted by Gasteiger charge is -2.26. The van der Waals surface area contributed by atoms with Gasteiger partial charge in [-0.2, -0.15) is 8.61 Å². The zero-order valence-electron chi connectivity index (χ0n) is 54.3. The van der Waals surface area contributed by atoms with E-state index in [-0.39, 0.29) is 60.1 Å². The van der Waals surface area contributed by atoms with E-state index in [1.807, 2.05) is 119 Å². The lowest BCUT2D eigenvalue weighted by Crippen LogP contribution is -2.46. The molecule has 0 amide bonds. The van der Waals surface area contributed by atoms with Crippen LogP contribution in [-0.4, -0.2) is 177 Å². The van der Waals surface area contributed by atoms with Crippen LogP contribution in [0.15, 0.2) is 210 Å². The van der Waals surface area contributed by atoms with Crippen LogP contribution in [0.1, 0.15) is 32.1 Å². The summed E-state index contributed by atoms with van der Waals surface area (Å²) in [6.45, 7) is 8.37. The number of hydrogen-bond donors (Lipinski definition) is 3. The quantitative estimate of drug-likeness (QED) is 0.0718. The molecule has 0 radical (unpaired) electrons. The molecule has 1 atom stereocenters. The topological polar surface area (TPSA) is 351 Å². The number of sulfonamides is 3. The van der Waals surface area contributed by atoms with Gasteiger partial charge in [0, 0.05) is 93.8 Å². The molecule has 0 saturated carbocycles. The fourth-order valence-electron chi connectivity index (χ4n) is 10.6. The molecule has 518 valence electrons. The first-order chi connectivity index (χ1) is 47.8. The Hall–Kier alpha value is -10.4. The summed E-state index contributed by atoms with van der Waals surface area (Å²) >= 11 is 0. The average molecular weight is 1400 g/mol. The minimum absolute atomic E-state index is 0. The molecule has 6 aromatic heterocycles. The van der Waals surface area contributed by atoms with Crippen molar-refractivity contribution in [2.24, 2.45) is 0 Å². The molecule has 0 bridgehead atoms.